The molecule has 0 saturated carbocycles. The van der Waals surface area contributed by atoms with E-state index in [0.717, 1.165) is 45.8 Å². The Balaban J connectivity index is 0.000000105. The summed E-state index contributed by atoms with van der Waals surface area (Å²) in [4.78, 5) is 33.3. The lowest BCUT2D eigenvalue weighted by atomic mass is 9.88. The Morgan fingerprint density at radius 2 is 0.438 bits per heavy atom. The summed E-state index contributed by atoms with van der Waals surface area (Å²) in [7, 11) is 0. The first kappa shape index (κ1) is 82.7. The fourth-order valence-electron chi connectivity index (χ4n) is 22.8. The molecule has 0 aliphatic heterocycles. The molecule has 12 nitrogen and oxygen atoms in total. The monoisotopic (exact) mass is 1840 g/mol. The van der Waals surface area contributed by atoms with E-state index in [2.05, 4.69) is 434 Å². The predicted octanol–water partition coefficient (Wildman–Crippen LogP) is 34.8. The largest absolute Gasteiger partial charge is 0.310 e. The Hall–Kier alpha value is -19.6. The highest BCUT2D eigenvalue weighted by Crippen LogP contribution is 2.52. The molecular weight excluding hydrogens is 1750 g/mol. The van der Waals surface area contributed by atoms with E-state index < -0.39 is 0 Å². The topological polar surface area (TPSA) is 102 Å². The zero-order valence-electron chi connectivity index (χ0n) is 77.9. The lowest BCUT2D eigenvalue weighted by Gasteiger charge is -2.25. The molecule has 144 heavy (non-hydrogen) atoms. The molecule has 0 radical (unpaired) electrons. The molecule has 0 spiro atoms. The number of hydrogen-bond acceptors (Lipinski definition) is 9. The van der Waals surface area contributed by atoms with Gasteiger partial charge in [0, 0.05) is 133 Å². The van der Waals surface area contributed by atoms with E-state index in [1.54, 1.807) is 12.4 Å². The summed E-state index contributed by atoms with van der Waals surface area (Å²) in [6, 6.07) is 166. The summed E-state index contributed by atoms with van der Waals surface area (Å²) in [5.41, 5.74) is 24.3. The summed E-state index contributed by atoms with van der Waals surface area (Å²) < 4.78 is 7.23. The average Bonchev–Trinajstić information content (AvgIpc) is 1.45. The third kappa shape index (κ3) is 13.6. The third-order valence-corrected chi connectivity index (χ3v) is 29.0. The van der Waals surface area contributed by atoms with Crippen molar-refractivity contribution in [2.24, 2.45) is 0 Å². The quantitative estimate of drug-likeness (QED) is 0.0929. The Morgan fingerprint density at radius 1 is 0.160 bits per heavy atom. The molecule has 0 atom stereocenters. The van der Waals surface area contributed by atoms with Gasteiger partial charge in [-0.2, -0.15) is 0 Å². The summed E-state index contributed by atoms with van der Waals surface area (Å²) in [6.07, 6.45) is 14.5. The molecule has 8 heterocycles. The van der Waals surface area contributed by atoms with E-state index in [4.69, 9.17) is 0 Å². The van der Waals surface area contributed by atoms with Crippen molar-refractivity contribution in [2.45, 2.75) is 0 Å². The fraction of sp³-hybridized carbons (Fsp3) is 0. The maximum Gasteiger partial charge on any atom is 0.234 e. The molecule has 0 bridgehead atoms. The van der Waals surface area contributed by atoms with Crippen LogP contribution in [0.1, 0.15) is 0 Å². The Morgan fingerprint density at radius 3 is 0.792 bits per heavy atom. The Labute approximate surface area is 827 Å². The van der Waals surface area contributed by atoms with E-state index in [1.807, 2.05) is 122 Å². The highest BCUT2D eigenvalue weighted by Gasteiger charge is 2.27. The van der Waals surface area contributed by atoms with Gasteiger partial charge < -0.3 is 18.6 Å². The molecule has 0 fully saturated rings. The van der Waals surface area contributed by atoms with E-state index in [-0.39, 0.29) is 0 Å². The van der Waals surface area contributed by atoms with Gasteiger partial charge in [-0.25, -0.2) is 19.9 Å². The molecule has 0 aliphatic rings. The molecular formula is C132H84N12. The zero-order chi connectivity index (χ0) is 94.8. The van der Waals surface area contributed by atoms with Crippen LogP contribution < -0.4 is 14.7 Å². The minimum Gasteiger partial charge on any atom is -0.310 e. The van der Waals surface area contributed by atoms with E-state index in [9.17, 15) is 0 Å². The number of rotatable bonds is 15. The van der Waals surface area contributed by atoms with Crippen LogP contribution in [0.5, 0.6) is 0 Å². The molecule has 22 aromatic carbocycles. The van der Waals surface area contributed by atoms with E-state index >= 15 is 0 Å². The molecule has 30 rings (SSSR count). The van der Waals surface area contributed by atoms with Crippen molar-refractivity contribution in [3.05, 3.63) is 511 Å². The van der Waals surface area contributed by atoms with Gasteiger partial charge in [-0.3, -0.25) is 19.8 Å². The normalized spacial score (nSPS) is 11.8. The summed E-state index contributed by atoms with van der Waals surface area (Å²) >= 11 is 0. The number of hydrogen-bond donors (Lipinski definition) is 0. The lowest BCUT2D eigenvalue weighted by Crippen LogP contribution is -2.12. The van der Waals surface area contributed by atoms with Crippen molar-refractivity contribution < 1.29 is 0 Å². The third-order valence-electron chi connectivity index (χ3n) is 29.0. The standard InChI is InChI=1S/3C44H28N4/c1-3-10-32(11-4-1)47(44-45-26-9-27-46-44)34-21-18-29(19-22-34)35-23-20-30-16-17-31-28-40-43(38-25-24-36(35)41(30)42(31)38)37-14-7-8-15-39(37)48(40)33-12-5-2-6-13-33;1-2-10-32(11-3-1)47-38-13-5-4-12-36(38)44-37-25-24-35-34(23-20-30-16-17-31(28-39(44)47)43(37)42(30)35)29-18-21-33(22-19-29)48(40-14-6-8-26-45-40)41-15-7-9-27-46-41;1-2-6-32(7-3-1)48-40-9-5-4-8-38(40)44-39-19-18-37-36(17-14-30-10-11-31(28-41(44)48)43(39)42(30)37)29-12-15-33(16-13-29)47(34-20-24-45-25-21-34)35-22-26-46-27-23-35/h3*1-28H. The smallest absolute Gasteiger partial charge is 0.234 e. The van der Waals surface area contributed by atoms with Crippen molar-refractivity contribution in [2.75, 3.05) is 14.7 Å². The molecule has 0 N–H and O–H groups in total. The van der Waals surface area contributed by atoms with Crippen molar-refractivity contribution in [3.63, 3.8) is 0 Å². The first-order chi connectivity index (χ1) is 71.5. The van der Waals surface area contributed by atoms with Gasteiger partial charge in [-0.05, 0) is 306 Å². The van der Waals surface area contributed by atoms with Crippen LogP contribution >= 0.6 is 0 Å². The maximum absolute atomic E-state index is 4.64. The van der Waals surface area contributed by atoms with Gasteiger partial charge in [0.25, 0.3) is 0 Å². The number of para-hydroxylation sites is 7. The summed E-state index contributed by atoms with van der Waals surface area (Å²) in [6.45, 7) is 0. The van der Waals surface area contributed by atoms with Crippen LogP contribution in [0.2, 0.25) is 0 Å². The number of aromatic nitrogens is 9. The number of anilines is 9. The van der Waals surface area contributed by atoms with Crippen LogP contribution in [0, 0.1) is 0 Å². The minimum absolute atomic E-state index is 0.638. The van der Waals surface area contributed by atoms with E-state index in [1.165, 1.54) is 213 Å². The lowest BCUT2D eigenvalue weighted by molar-refractivity contribution is 1.08. The van der Waals surface area contributed by atoms with Crippen LogP contribution in [-0.4, -0.2) is 43.6 Å². The van der Waals surface area contributed by atoms with Crippen molar-refractivity contribution in [1.82, 2.24) is 43.6 Å². The second kappa shape index (κ2) is 34.3. The molecule has 0 saturated heterocycles. The fourth-order valence-corrected chi connectivity index (χ4v) is 22.8. The Kier molecular flexibility index (Phi) is 19.7. The maximum atomic E-state index is 4.64. The predicted molar refractivity (Wildman–Crippen MR) is 601 cm³/mol. The molecule has 8 aromatic heterocycles. The van der Waals surface area contributed by atoms with Crippen LogP contribution in [0.3, 0.4) is 0 Å². The number of fused-ring (bicyclic) bond motifs is 12. The van der Waals surface area contributed by atoms with Gasteiger partial charge in [-0.15, -0.1) is 0 Å². The van der Waals surface area contributed by atoms with Gasteiger partial charge >= 0.3 is 0 Å². The molecule has 12 heteroatoms. The number of nitrogens with zero attached hydrogens (tertiary/aromatic N) is 12. The zero-order valence-corrected chi connectivity index (χ0v) is 77.9. The molecule has 0 aliphatic carbocycles. The summed E-state index contributed by atoms with van der Waals surface area (Å²) in [5.74, 6) is 2.29. The Bertz CT molecular complexity index is 9060. The van der Waals surface area contributed by atoms with Gasteiger partial charge in [0.1, 0.15) is 11.6 Å². The second-order valence-electron chi connectivity index (χ2n) is 36.8. The SMILES string of the molecule is c1ccc(-n2c3ccccc3c3c4ccc5c(-c6ccc(N(c7ccccn7)c7ccccn7)cc6)ccc6ccc(cc32)c4c65)cc1.c1ccc(-n2c3ccccc3c3c4ccc5c(-c6ccc(N(c7ccncc7)c7ccncc7)cc6)ccc6ccc(cc32)c4c65)cc1.c1ccc(N(c2ccc(-c3ccc4ccc5cc6c(c7ccc3c4c57)c3ccccc3n6-c3ccccc3)cc2)c2ncccn2)cc1. The van der Waals surface area contributed by atoms with Crippen molar-refractivity contribution in [1.29, 1.82) is 0 Å². The average molecular weight is 1840 g/mol. The molecule has 0 amide bonds. The first-order valence-electron chi connectivity index (χ1n) is 48.7. The molecule has 0 unspecified atom stereocenters. The molecule has 30 aromatic rings. The van der Waals surface area contributed by atoms with Gasteiger partial charge in [0.15, 0.2) is 0 Å². The number of benzene rings is 22. The second-order valence-corrected chi connectivity index (χ2v) is 36.8. The van der Waals surface area contributed by atoms with Crippen molar-refractivity contribution in [3.8, 4) is 50.4 Å². The summed E-state index contributed by atoms with van der Waals surface area (Å²) in [5, 5.41) is 30.9. The van der Waals surface area contributed by atoms with Gasteiger partial charge in [0.05, 0.1) is 33.1 Å². The number of pyridine rings is 4. The van der Waals surface area contributed by atoms with Crippen LogP contribution in [-0.2, 0) is 0 Å². The van der Waals surface area contributed by atoms with Gasteiger partial charge in [0.2, 0.25) is 5.95 Å². The van der Waals surface area contributed by atoms with Crippen LogP contribution in [0.4, 0.5) is 51.7 Å². The minimum atomic E-state index is 0.638. The van der Waals surface area contributed by atoms with Crippen LogP contribution in [0.25, 0.3) is 213 Å². The first-order valence-corrected chi connectivity index (χ1v) is 48.7. The van der Waals surface area contributed by atoms with Crippen molar-refractivity contribution >= 4 is 214 Å². The van der Waals surface area contributed by atoms with Gasteiger partial charge in [-0.1, -0.05) is 285 Å². The highest BCUT2D eigenvalue weighted by atomic mass is 15.3. The highest BCUT2D eigenvalue weighted by molar-refractivity contribution is 6.38. The van der Waals surface area contributed by atoms with E-state index in [0.29, 0.717) is 5.95 Å². The molecule has 672 valence electrons. The van der Waals surface area contributed by atoms with Crippen LogP contribution in [0.15, 0.2) is 511 Å².